The highest BCUT2D eigenvalue weighted by molar-refractivity contribution is 5.30. The van der Waals surface area contributed by atoms with Gasteiger partial charge in [0.25, 0.3) is 0 Å². The third kappa shape index (κ3) is 3.27. The first kappa shape index (κ1) is 13.8. The van der Waals surface area contributed by atoms with Crippen LogP contribution in [0.25, 0.3) is 0 Å². The summed E-state index contributed by atoms with van der Waals surface area (Å²) in [6, 6.07) is 0.770. The zero-order valence-electron chi connectivity index (χ0n) is 12.4. The van der Waals surface area contributed by atoms with E-state index >= 15 is 0 Å². The highest BCUT2D eigenvalue weighted by atomic mass is 15.3. The second-order valence-corrected chi connectivity index (χ2v) is 5.84. The number of anilines is 1. The first-order valence-corrected chi connectivity index (χ1v) is 7.86. The standard InChI is InChI=1S/C15H25N5/c1-2-16-15-10-17-13(9-18-15)11-19-8-5-14(12-19)20-6-3-4-7-20/h9-10,14H,2-8,11-12H2,1H3,(H,16,18). The zero-order chi connectivity index (χ0) is 13.8. The topological polar surface area (TPSA) is 44.3 Å². The molecule has 5 heteroatoms. The largest absolute Gasteiger partial charge is 0.369 e. The molecule has 2 fully saturated rings. The van der Waals surface area contributed by atoms with E-state index in [1.54, 1.807) is 0 Å². The molecule has 2 aliphatic heterocycles. The molecule has 1 aromatic rings. The highest BCUT2D eigenvalue weighted by Crippen LogP contribution is 2.21. The molecule has 5 nitrogen and oxygen atoms in total. The van der Waals surface area contributed by atoms with E-state index < -0.39 is 0 Å². The summed E-state index contributed by atoms with van der Waals surface area (Å²) in [5.74, 6) is 0.868. The minimum Gasteiger partial charge on any atom is -0.369 e. The summed E-state index contributed by atoms with van der Waals surface area (Å²) in [6.07, 6.45) is 7.82. The van der Waals surface area contributed by atoms with Crippen molar-refractivity contribution in [2.75, 3.05) is 38.0 Å². The van der Waals surface area contributed by atoms with Gasteiger partial charge in [-0.15, -0.1) is 0 Å². The lowest BCUT2D eigenvalue weighted by molar-refractivity contribution is 0.229. The molecule has 0 bridgehead atoms. The van der Waals surface area contributed by atoms with Crippen molar-refractivity contribution in [3.63, 3.8) is 0 Å². The molecule has 0 aliphatic carbocycles. The molecule has 3 rings (SSSR count). The quantitative estimate of drug-likeness (QED) is 0.884. The van der Waals surface area contributed by atoms with Gasteiger partial charge in [-0.25, -0.2) is 4.98 Å². The van der Waals surface area contributed by atoms with Crippen molar-refractivity contribution in [1.29, 1.82) is 0 Å². The fraction of sp³-hybridized carbons (Fsp3) is 0.733. The number of nitrogens with zero attached hydrogens (tertiary/aromatic N) is 4. The van der Waals surface area contributed by atoms with Crippen molar-refractivity contribution in [1.82, 2.24) is 19.8 Å². The van der Waals surface area contributed by atoms with Gasteiger partial charge in [-0.3, -0.25) is 14.8 Å². The van der Waals surface area contributed by atoms with Crippen molar-refractivity contribution in [3.8, 4) is 0 Å². The average molecular weight is 275 g/mol. The van der Waals surface area contributed by atoms with Gasteiger partial charge in [0.05, 0.1) is 18.1 Å². The minimum atomic E-state index is 0.770. The van der Waals surface area contributed by atoms with Crippen molar-refractivity contribution < 1.29 is 0 Å². The SMILES string of the molecule is CCNc1cnc(CN2CCC(N3CCCC3)C2)cn1. The molecule has 110 valence electrons. The van der Waals surface area contributed by atoms with Crippen LogP contribution in [0.15, 0.2) is 12.4 Å². The van der Waals surface area contributed by atoms with Gasteiger partial charge in [-0.05, 0) is 39.3 Å². The monoisotopic (exact) mass is 275 g/mol. The van der Waals surface area contributed by atoms with Gasteiger partial charge in [0.1, 0.15) is 5.82 Å². The maximum Gasteiger partial charge on any atom is 0.144 e. The Bertz CT molecular complexity index is 413. The van der Waals surface area contributed by atoms with E-state index in [2.05, 4.69) is 32.0 Å². The Morgan fingerprint density at radius 3 is 2.75 bits per heavy atom. The molecule has 0 radical (unpaired) electrons. The third-order valence-corrected chi connectivity index (χ3v) is 4.35. The zero-order valence-corrected chi connectivity index (χ0v) is 12.4. The van der Waals surface area contributed by atoms with Crippen LogP contribution in [0.5, 0.6) is 0 Å². The fourth-order valence-electron chi connectivity index (χ4n) is 3.30. The van der Waals surface area contributed by atoms with Gasteiger partial charge >= 0.3 is 0 Å². The van der Waals surface area contributed by atoms with Crippen molar-refractivity contribution in [2.45, 2.75) is 38.8 Å². The van der Waals surface area contributed by atoms with Gasteiger partial charge in [0.15, 0.2) is 0 Å². The Balaban J connectivity index is 1.50. The lowest BCUT2D eigenvalue weighted by atomic mass is 10.2. The van der Waals surface area contributed by atoms with E-state index in [1.807, 2.05) is 12.4 Å². The molecule has 20 heavy (non-hydrogen) atoms. The van der Waals surface area contributed by atoms with Gasteiger partial charge in [0.2, 0.25) is 0 Å². The van der Waals surface area contributed by atoms with E-state index in [0.29, 0.717) is 0 Å². The number of aromatic nitrogens is 2. The molecule has 0 spiro atoms. The number of hydrogen-bond donors (Lipinski definition) is 1. The average Bonchev–Trinajstić information content (AvgIpc) is 3.12. The van der Waals surface area contributed by atoms with Gasteiger partial charge < -0.3 is 5.32 Å². The molecule has 2 aliphatic rings. The summed E-state index contributed by atoms with van der Waals surface area (Å²) in [4.78, 5) is 14.1. The molecular formula is C15H25N5. The van der Waals surface area contributed by atoms with E-state index in [4.69, 9.17) is 0 Å². The van der Waals surface area contributed by atoms with Crippen LogP contribution < -0.4 is 5.32 Å². The van der Waals surface area contributed by atoms with Gasteiger partial charge in [0, 0.05) is 32.2 Å². The van der Waals surface area contributed by atoms with Crippen LogP contribution in [0.1, 0.15) is 31.9 Å². The third-order valence-electron chi connectivity index (χ3n) is 4.35. The Labute approximate surface area is 121 Å². The molecule has 0 amide bonds. The Hall–Kier alpha value is -1.20. The second kappa shape index (κ2) is 6.50. The number of likely N-dealkylation sites (tertiary alicyclic amines) is 2. The molecule has 1 unspecified atom stereocenters. The summed E-state index contributed by atoms with van der Waals surface area (Å²) in [6.45, 7) is 8.87. The van der Waals surface area contributed by atoms with Crippen LogP contribution in [-0.4, -0.2) is 58.5 Å². The van der Waals surface area contributed by atoms with Crippen LogP contribution in [0.2, 0.25) is 0 Å². The maximum absolute atomic E-state index is 4.50. The molecule has 1 atom stereocenters. The minimum absolute atomic E-state index is 0.770. The lowest BCUT2D eigenvalue weighted by Gasteiger charge is -2.23. The summed E-state index contributed by atoms with van der Waals surface area (Å²) >= 11 is 0. The molecule has 1 aromatic heterocycles. The second-order valence-electron chi connectivity index (χ2n) is 5.84. The van der Waals surface area contributed by atoms with Crippen LogP contribution in [0, 0.1) is 0 Å². The van der Waals surface area contributed by atoms with Gasteiger partial charge in [-0.1, -0.05) is 0 Å². The number of hydrogen-bond acceptors (Lipinski definition) is 5. The van der Waals surface area contributed by atoms with E-state index in [0.717, 1.165) is 30.6 Å². The Kier molecular flexibility index (Phi) is 4.47. The van der Waals surface area contributed by atoms with E-state index in [1.165, 1.54) is 45.4 Å². The first-order chi connectivity index (χ1) is 9.85. The van der Waals surface area contributed by atoms with Crippen molar-refractivity contribution in [3.05, 3.63) is 18.1 Å². The summed E-state index contributed by atoms with van der Waals surface area (Å²) in [5, 5.41) is 3.18. The number of rotatable bonds is 5. The molecular weight excluding hydrogens is 250 g/mol. The fourth-order valence-corrected chi connectivity index (χ4v) is 3.30. The lowest BCUT2D eigenvalue weighted by Crippen LogP contribution is -2.35. The molecule has 2 saturated heterocycles. The smallest absolute Gasteiger partial charge is 0.144 e. The van der Waals surface area contributed by atoms with E-state index in [-0.39, 0.29) is 0 Å². The van der Waals surface area contributed by atoms with Crippen molar-refractivity contribution in [2.24, 2.45) is 0 Å². The van der Waals surface area contributed by atoms with Crippen LogP contribution >= 0.6 is 0 Å². The maximum atomic E-state index is 4.50. The molecule has 0 aromatic carbocycles. The van der Waals surface area contributed by atoms with E-state index in [9.17, 15) is 0 Å². The summed E-state index contributed by atoms with van der Waals surface area (Å²) in [5.41, 5.74) is 1.08. The Morgan fingerprint density at radius 1 is 1.20 bits per heavy atom. The molecule has 3 heterocycles. The predicted molar refractivity (Wildman–Crippen MR) is 80.7 cm³/mol. The van der Waals surface area contributed by atoms with Crippen LogP contribution in [-0.2, 0) is 6.54 Å². The normalized spacial score (nSPS) is 24.4. The predicted octanol–water partition coefficient (Wildman–Crippen LogP) is 1.58. The molecule has 1 N–H and O–H groups in total. The number of nitrogens with one attached hydrogen (secondary N) is 1. The molecule has 0 saturated carbocycles. The van der Waals surface area contributed by atoms with Crippen LogP contribution in [0.3, 0.4) is 0 Å². The summed E-state index contributed by atoms with van der Waals surface area (Å²) < 4.78 is 0. The first-order valence-electron chi connectivity index (χ1n) is 7.86. The van der Waals surface area contributed by atoms with Gasteiger partial charge in [-0.2, -0.15) is 0 Å². The highest BCUT2D eigenvalue weighted by Gasteiger charge is 2.29. The van der Waals surface area contributed by atoms with Crippen molar-refractivity contribution >= 4 is 5.82 Å². The van der Waals surface area contributed by atoms with Crippen LogP contribution in [0.4, 0.5) is 5.82 Å². The Morgan fingerprint density at radius 2 is 2.05 bits per heavy atom. The summed E-state index contributed by atoms with van der Waals surface area (Å²) in [7, 11) is 0.